The minimum absolute atomic E-state index is 0.235. The second-order valence-corrected chi connectivity index (χ2v) is 3.61. The quantitative estimate of drug-likeness (QED) is 0.623. The van der Waals surface area contributed by atoms with Crippen molar-refractivity contribution < 1.29 is 5.11 Å². The molecule has 0 aliphatic rings. The van der Waals surface area contributed by atoms with Gasteiger partial charge in [-0.1, -0.05) is 27.2 Å². The van der Waals surface area contributed by atoms with Gasteiger partial charge in [-0.3, -0.25) is 0 Å². The Balaban J connectivity index is 3.64. The Kier molecular flexibility index (Phi) is 3.91. The second-order valence-electron chi connectivity index (χ2n) is 3.61. The Bertz CT molecular complexity index is 91.3. The van der Waals surface area contributed by atoms with Crippen molar-refractivity contribution in [3.63, 3.8) is 0 Å². The van der Waals surface area contributed by atoms with E-state index in [0.717, 1.165) is 12.8 Å². The molecule has 0 saturated heterocycles. The summed E-state index contributed by atoms with van der Waals surface area (Å²) in [7, 11) is 0. The van der Waals surface area contributed by atoms with Gasteiger partial charge in [0.1, 0.15) is 0 Å². The third-order valence-electron chi connectivity index (χ3n) is 2.02. The maximum atomic E-state index is 9.20. The molecule has 0 unspecified atom stereocenters. The van der Waals surface area contributed by atoms with Crippen molar-refractivity contribution in [2.45, 2.75) is 39.7 Å². The molecule has 0 saturated carbocycles. The fourth-order valence-electron chi connectivity index (χ4n) is 0.866. The average Bonchev–Trinajstić information content (AvgIpc) is 1.87. The zero-order valence-corrected chi connectivity index (χ0v) is 7.22. The molecule has 62 valence electrons. The van der Waals surface area contributed by atoms with Gasteiger partial charge in [0.05, 0.1) is 6.10 Å². The third-order valence-corrected chi connectivity index (χ3v) is 2.02. The highest BCUT2D eigenvalue weighted by Crippen LogP contribution is 2.25. The summed E-state index contributed by atoms with van der Waals surface area (Å²) in [5.74, 6) is 0. The molecule has 1 atom stereocenters. The van der Waals surface area contributed by atoms with Crippen molar-refractivity contribution in [1.82, 2.24) is 0 Å². The van der Waals surface area contributed by atoms with Crippen molar-refractivity contribution >= 4 is 0 Å². The summed E-state index contributed by atoms with van der Waals surface area (Å²) < 4.78 is 0. The Labute approximate surface area is 63.4 Å². The smallest absolute Gasteiger partial charge is 0.0667 e. The molecule has 0 aromatic rings. The van der Waals surface area contributed by atoms with Gasteiger partial charge < -0.3 is 10.8 Å². The van der Waals surface area contributed by atoms with Crippen LogP contribution in [0.15, 0.2) is 0 Å². The fraction of sp³-hybridized carbons (Fsp3) is 1.00. The van der Waals surface area contributed by atoms with Crippen LogP contribution in [0.25, 0.3) is 0 Å². The number of hydrogen-bond donors (Lipinski definition) is 2. The van der Waals surface area contributed by atoms with Crippen LogP contribution in [0.1, 0.15) is 33.6 Å². The van der Waals surface area contributed by atoms with E-state index in [-0.39, 0.29) is 11.5 Å². The molecule has 0 heterocycles. The summed E-state index contributed by atoms with van der Waals surface area (Å²) in [5.41, 5.74) is 5.52. The van der Waals surface area contributed by atoms with Crippen LogP contribution in [0, 0.1) is 5.41 Å². The molecule has 2 heteroatoms. The molecule has 0 spiro atoms. The predicted octanol–water partition coefficient (Wildman–Crippen LogP) is 1.13. The maximum absolute atomic E-state index is 9.20. The molecule has 0 aromatic carbocycles. The van der Waals surface area contributed by atoms with Crippen LogP contribution in [0.2, 0.25) is 0 Å². The van der Waals surface area contributed by atoms with Crippen molar-refractivity contribution in [2.24, 2.45) is 11.1 Å². The molecule has 3 N–H and O–H groups in total. The van der Waals surface area contributed by atoms with Crippen molar-refractivity contribution in [1.29, 1.82) is 0 Å². The monoisotopic (exact) mass is 145 g/mol. The van der Waals surface area contributed by atoms with Crippen molar-refractivity contribution in [2.75, 3.05) is 6.54 Å². The van der Waals surface area contributed by atoms with Crippen LogP contribution in [0.3, 0.4) is 0 Å². The first-order valence-electron chi connectivity index (χ1n) is 3.90. The van der Waals surface area contributed by atoms with Gasteiger partial charge >= 0.3 is 0 Å². The molecule has 0 aliphatic heterocycles. The van der Waals surface area contributed by atoms with Crippen LogP contribution in [-0.2, 0) is 0 Å². The number of aliphatic hydroxyl groups is 1. The lowest BCUT2D eigenvalue weighted by Crippen LogP contribution is -2.26. The van der Waals surface area contributed by atoms with E-state index < -0.39 is 0 Å². The van der Waals surface area contributed by atoms with E-state index in [4.69, 9.17) is 5.73 Å². The maximum Gasteiger partial charge on any atom is 0.0667 e. The molecule has 0 aromatic heterocycles. The second kappa shape index (κ2) is 3.94. The summed E-state index contributed by atoms with van der Waals surface area (Å²) in [4.78, 5) is 0. The molecule has 0 rings (SSSR count). The van der Waals surface area contributed by atoms with Gasteiger partial charge in [0, 0.05) is 6.54 Å². The topological polar surface area (TPSA) is 46.2 Å². The first kappa shape index (κ1) is 9.92. The summed E-state index contributed by atoms with van der Waals surface area (Å²) in [6, 6.07) is 0. The number of nitrogens with two attached hydrogens (primary N) is 1. The molecule has 0 amide bonds. The fourth-order valence-corrected chi connectivity index (χ4v) is 0.866. The Morgan fingerprint density at radius 3 is 2.30 bits per heavy atom. The molecule has 10 heavy (non-hydrogen) atoms. The van der Waals surface area contributed by atoms with Crippen molar-refractivity contribution in [3.05, 3.63) is 0 Å². The SMILES string of the molecule is CCC(C)(C)C[C@H](O)CN. The van der Waals surface area contributed by atoms with E-state index in [1.54, 1.807) is 0 Å². The van der Waals surface area contributed by atoms with Crippen LogP contribution in [0.5, 0.6) is 0 Å². The lowest BCUT2D eigenvalue weighted by atomic mass is 9.84. The van der Waals surface area contributed by atoms with Gasteiger partial charge in [0.15, 0.2) is 0 Å². The molecular weight excluding hydrogens is 126 g/mol. The lowest BCUT2D eigenvalue weighted by Gasteiger charge is -2.24. The van der Waals surface area contributed by atoms with Crippen LogP contribution in [-0.4, -0.2) is 17.8 Å². The standard InChI is InChI=1S/C8H19NO/c1-4-8(2,3)5-7(10)6-9/h7,10H,4-6,9H2,1-3H3/t7-/m0/s1. The number of rotatable bonds is 4. The van der Waals surface area contributed by atoms with Crippen molar-refractivity contribution in [3.8, 4) is 0 Å². The molecule has 0 aliphatic carbocycles. The summed E-state index contributed by atoms with van der Waals surface area (Å²) >= 11 is 0. The highest BCUT2D eigenvalue weighted by Gasteiger charge is 2.18. The molecule has 2 nitrogen and oxygen atoms in total. The van der Waals surface area contributed by atoms with Crippen LogP contribution >= 0.6 is 0 Å². The lowest BCUT2D eigenvalue weighted by molar-refractivity contribution is 0.118. The van der Waals surface area contributed by atoms with Gasteiger partial charge in [-0.25, -0.2) is 0 Å². The number of hydrogen-bond acceptors (Lipinski definition) is 2. The van der Waals surface area contributed by atoms with E-state index in [0.29, 0.717) is 6.54 Å². The zero-order valence-electron chi connectivity index (χ0n) is 7.22. The summed E-state index contributed by atoms with van der Waals surface area (Å²) in [5, 5.41) is 9.20. The molecule has 0 radical (unpaired) electrons. The highest BCUT2D eigenvalue weighted by molar-refractivity contribution is 4.71. The first-order valence-corrected chi connectivity index (χ1v) is 3.90. The third kappa shape index (κ3) is 3.85. The summed E-state index contributed by atoms with van der Waals surface area (Å²) in [6.45, 7) is 6.80. The van der Waals surface area contributed by atoms with Gasteiger partial charge in [0.25, 0.3) is 0 Å². The normalized spacial score (nSPS) is 15.3. The summed E-state index contributed by atoms with van der Waals surface area (Å²) in [6.07, 6.45) is 1.57. The van der Waals surface area contributed by atoms with Gasteiger partial charge in [-0.15, -0.1) is 0 Å². The largest absolute Gasteiger partial charge is 0.392 e. The minimum atomic E-state index is -0.324. The van der Waals surface area contributed by atoms with E-state index in [1.807, 2.05) is 0 Å². The van der Waals surface area contributed by atoms with Crippen LogP contribution in [0.4, 0.5) is 0 Å². The van der Waals surface area contributed by atoms with E-state index in [2.05, 4.69) is 20.8 Å². The molecular formula is C8H19NO. The van der Waals surface area contributed by atoms with Gasteiger partial charge in [0.2, 0.25) is 0 Å². The van der Waals surface area contributed by atoms with Crippen LogP contribution < -0.4 is 5.73 Å². The van der Waals surface area contributed by atoms with Gasteiger partial charge in [-0.2, -0.15) is 0 Å². The average molecular weight is 145 g/mol. The van der Waals surface area contributed by atoms with E-state index >= 15 is 0 Å². The van der Waals surface area contributed by atoms with Gasteiger partial charge in [-0.05, 0) is 11.8 Å². The highest BCUT2D eigenvalue weighted by atomic mass is 16.3. The molecule has 0 fully saturated rings. The Morgan fingerprint density at radius 1 is 1.50 bits per heavy atom. The predicted molar refractivity (Wildman–Crippen MR) is 43.8 cm³/mol. The minimum Gasteiger partial charge on any atom is -0.392 e. The van der Waals surface area contributed by atoms with E-state index in [1.165, 1.54) is 0 Å². The Morgan fingerprint density at radius 2 is 2.00 bits per heavy atom. The first-order chi connectivity index (χ1) is 4.52. The number of aliphatic hydroxyl groups excluding tert-OH is 1. The van der Waals surface area contributed by atoms with E-state index in [9.17, 15) is 5.11 Å². The molecule has 0 bridgehead atoms. The zero-order chi connectivity index (χ0) is 8.20. The Hall–Kier alpha value is -0.0800.